The van der Waals surface area contributed by atoms with Crippen molar-refractivity contribution in [2.75, 3.05) is 0 Å². The van der Waals surface area contributed by atoms with Crippen molar-refractivity contribution >= 4 is 59.1 Å². The van der Waals surface area contributed by atoms with Gasteiger partial charge in [-0.05, 0) is 35.0 Å². The zero-order valence-electron chi connectivity index (χ0n) is 16.8. The normalized spacial score (nSPS) is 12.5. The summed E-state index contributed by atoms with van der Waals surface area (Å²) in [5.41, 5.74) is -1.14. The van der Waals surface area contributed by atoms with Crippen LogP contribution in [0.5, 0.6) is 5.75 Å². The van der Waals surface area contributed by atoms with E-state index in [2.05, 4.69) is 10.2 Å². The SMILES string of the molecule is O=C(O)c1cc2ccccc2c(N=Nc2cc3cccc(S(=O)(=O)O)c3cc2S(=O)(=O)O)c1O. The molecule has 11 nitrogen and oxygen atoms in total. The second-order valence-electron chi connectivity index (χ2n) is 7.09. The number of hydrogen-bond donors (Lipinski definition) is 4. The van der Waals surface area contributed by atoms with Gasteiger partial charge in [0.15, 0.2) is 5.75 Å². The molecule has 174 valence electrons. The summed E-state index contributed by atoms with van der Waals surface area (Å²) in [5, 5.41) is 28.2. The van der Waals surface area contributed by atoms with Gasteiger partial charge in [0.2, 0.25) is 0 Å². The fraction of sp³-hybridized carbons (Fsp3) is 0. The summed E-state index contributed by atoms with van der Waals surface area (Å²) in [6.07, 6.45) is 0. The summed E-state index contributed by atoms with van der Waals surface area (Å²) in [7, 11) is -9.67. The molecule has 0 bridgehead atoms. The van der Waals surface area contributed by atoms with E-state index in [-0.39, 0.29) is 16.5 Å². The molecule has 4 aromatic carbocycles. The van der Waals surface area contributed by atoms with Crippen LogP contribution < -0.4 is 0 Å². The number of carboxylic acids is 1. The Morgan fingerprint density at radius 3 is 2.00 bits per heavy atom. The van der Waals surface area contributed by atoms with Gasteiger partial charge in [-0.2, -0.15) is 16.8 Å². The molecule has 0 saturated heterocycles. The molecule has 0 heterocycles. The molecule has 4 aromatic rings. The molecule has 0 aliphatic rings. The first-order valence-electron chi connectivity index (χ1n) is 9.29. The first-order chi connectivity index (χ1) is 15.9. The lowest BCUT2D eigenvalue weighted by atomic mass is 10.0. The predicted octanol–water partition coefficient (Wildman–Crippen LogP) is 4.31. The number of aromatic carboxylic acids is 1. The van der Waals surface area contributed by atoms with Crippen molar-refractivity contribution < 1.29 is 40.9 Å². The number of nitrogens with zero attached hydrogens (tertiary/aromatic N) is 2. The van der Waals surface area contributed by atoms with Crippen LogP contribution in [-0.4, -0.2) is 42.1 Å². The summed E-state index contributed by atoms with van der Waals surface area (Å²) in [4.78, 5) is 10.1. The molecule has 0 atom stereocenters. The number of rotatable bonds is 5. The highest BCUT2D eigenvalue weighted by molar-refractivity contribution is 7.86. The maximum Gasteiger partial charge on any atom is 0.339 e. The van der Waals surface area contributed by atoms with Gasteiger partial charge in [-0.3, -0.25) is 9.11 Å². The topological polar surface area (TPSA) is 191 Å². The Morgan fingerprint density at radius 1 is 0.735 bits per heavy atom. The molecule has 4 N–H and O–H groups in total. The van der Waals surface area contributed by atoms with E-state index < -0.39 is 53.0 Å². The molecule has 0 radical (unpaired) electrons. The summed E-state index contributed by atoms with van der Waals surface area (Å²) < 4.78 is 66.5. The molecule has 0 saturated carbocycles. The van der Waals surface area contributed by atoms with Gasteiger partial charge < -0.3 is 10.2 Å². The van der Waals surface area contributed by atoms with Gasteiger partial charge >= 0.3 is 5.97 Å². The van der Waals surface area contributed by atoms with Crippen molar-refractivity contribution in [1.82, 2.24) is 0 Å². The van der Waals surface area contributed by atoms with Crippen LogP contribution in [-0.2, 0) is 20.2 Å². The largest absolute Gasteiger partial charge is 0.505 e. The molecule has 0 aliphatic carbocycles. The summed E-state index contributed by atoms with van der Waals surface area (Å²) in [6.45, 7) is 0. The number of carbonyl (C=O) groups is 1. The monoisotopic (exact) mass is 502 g/mol. The van der Waals surface area contributed by atoms with Crippen LogP contribution in [0, 0.1) is 0 Å². The average molecular weight is 502 g/mol. The molecular formula is C21H14N2O9S2. The second kappa shape index (κ2) is 8.14. The van der Waals surface area contributed by atoms with Crippen LogP contribution in [0.2, 0.25) is 0 Å². The van der Waals surface area contributed by atoms with Crippen molar-refractivity contribution in [2.45, 2.75) is 9.79 Å². The summed E-state index contributed by atoms with van der Waals surface area (Å²) in [5.74, 6) is -2.14. The van der Waals surface area contributed by atoms with Crippen LogP contribution in [0.4, 0.5) is 11.4 Å². The molecule has 4 rings (SSSR count). The quantitative estimate of drug-likeness (QED) is 0.227. The predicted molar refractivity (Wildman–Crippen MR) is 120 cm³/mol. The van der Waals surface area contributed by atoms with E-state index in [9.17, 15) is 40.9 Å². The van der Waals surface area contributed by atoms with Crippen LogP contribution >= 0.6 is 0 Å². The first kappa shape index (κ1) is 23.3. The minimum Gasteiger partial charge on any atom is -0.505 e. The molecule has 34 heavy (non-hydrogen) atoms. The van der Waals surface area contributed by atoms with E-state index in [1.54, 1.807) is 18.2 Å². The molecule has 0 aliphatic heterocycles. The Kier molecular flexibility index (Phi) is 5.57. The lowest BCUT2D eigenvalue weighted by molar-refractivity contribution is 0.0694. The number of phenols is 1. The minimum absolute atomic E-state index is 0.143. The highest BCUT2D eigenvalue weighted by Gasteiger charge is 2.22. The Bertz CT molecular complexity index is 1750. The third-order valence-corrected chi connectivity index (χ3v) is 6.75. The van der Waals surface area contributed by atoms with Gasteiger partial charge in [-0.1, -0.05) is 36.4 Å². The highest BCUT2D eigenvalue weighted by atomic mass is 32.2. The first-order valence-corrected chi connectivity index (χ1v) is 12.2. The van der Waals surface area contributed by atoms with Crippen LogP contribution in [0.1, 0.15) is 10.4 Å². The molecule has 0 fully saturated rings. The zero-order chi connectivity index (χ0) is 24.8. The van der Waals surface area contributed by atoms with Crippen molar-refractivity contribution in [3.63, 3.8) is 0 Å². The fourth-order valence-corrected chi connectivity index (χ4v) is 4.80. The Balaban J connectivity index is 2.01. The van der Waals surface area contributed by atoms with Crippen molar-refractivity contribution in [3.8, 4) is 5.75 Å². The number of fused-ring (bicyclic) bond motifs is 2. The standard InChI is InChI=1S/C21H14N2O9S2/c24-20-15(21(25)26)8-11-4-1-2-6-13(11)19(20)23-22-16-9-12-5-3-7-17(33(27,28)29)14(12)10-18(16)34(30,31)32/h1-10,24H,(H,25,26)(H,27,28,29)(H,30,31,32). The summed E-state index contributed by atoms with van der Waals surface area (Å²) in [6, 6.07) is 13.3. The van der Waals surface area contributed by atoms with E-state index in [0.29, 0.717) is 10.8 Å². The molecule has 0 amide bonds. The fourth-order valence-electron chi connectivity index (χ4n) is 3.46. The van der Waals surface area contributed by atoms with Gasteiger partial charge in [0, 0.05) is 10.8 Å². The van der Waals surface area contributed by atoms with E-state index in [0.717, 1.165) is 18.2 Å². The van der Waals surface area contributed by atoms with Gasteiger partial charge in [-0.15, -0.1) is 10.2 Å². The van der Waals surface area contributed by atoms with E-state index in [1.165, 1.54) is 24.3 Å². The number of benzene rings is 4. The Morgan fingerprint density at radius 2 is 1.35 bits per heavy atom. The lowest BCUT2D eigenvalue weighted by Crippen LogP contribution is -2.02. The maximum atomic E-state index is 12.0. The van der Waals surface area contributed by atoms with Crippen molar-refractivity contribution in [2.24, 2.45) is 10.2 Å². The highest BCUT2D eigenvalue weighted by Crippen LogP contribution is 2.40. The van der Waals surface area contributed by atoms with Crippen molar-refractivity contribution in [3.05, 3.63) is 66.2 Å². The molecular weight excluding hydrogens is 488 g/mol. The van der Waals surface area contributed by atoms with Gasteiger partial charge in [0.1, 0.15) is 26.7 Å². The number of hydrogen-bond acceptors (Lipinski definition) is 8. The zero-order valence-corrected chi connectivity index (χ0v) is 18.4. The van der Waals surface area contributed by atoms with E-state index >= 15 is 0 Å². The average Bonchev–Trinajstić information content (AvgIpc) is 2.75. The third-order valence-electron chi connectivity index (χ3n) is 4.96. The number of carboxylic acid groups (broad SMARTS) is 1. The number of azo groups is 1. The Labute approximate surface area is 192 Å². The van der Waals surface area contributed by atoms with Gasteiger partial charge in [0.05, 0.1) is 0 Å². The Hall–Kier alpha value is -3.91. The molecule has 0 spiro atoms. The van der Waals surface area contributed by atoms with Crippen molar-refractivity contribution in [1.29, 1.82) is 0 Å². The molecule has 0 unspecified atom stereocenters. The maximum absolute atomic E-state index is 12.0. The van der Waals surface area contributed by atoms with E-state index in [4.69, 9.17) is 0 Å². The van der Waals surface area contributed by atoms with E-state index in [1.807, 2.05) is 0 Å². The number of aromatic hydroxyl groups is 1. The minimum atomic E-state index is -4.95. The van der Waals surface area contributed by atoms with Gasteiger partial charge in [-0.25, -0.2) is 4.79 Å². The van der Waals surface area contributed by atoms with Crippen LogP contribution in [0.3, 0.4) is 0 Å². The second-order valence-corrected chi connectivity index (χ2v) is 9.87. The van der Waals surface area contributed by atoms with Crippen LogP contribution in [0.25, 0.3) is 21.5 Å². The smallest absolute Gasteiger partial charge is 0.339 e. The third kappa shape index (κ3) is 4.20. The summed E-state index contributed by atoms with van der Waals surface area (Å²) >= 11 is 0. The molecule has 0 aromatic heterocycles. The lowest BCUT2D eigenvalue weighted by Gasteiger charge is -2.09. The van der Waals surface area contributed by atoms with Gasteiger partial charge in [0.25, 0.3) is 20.2 Å². The van der Waals surface area contributed by atoms with Crippen LogP contribution in [0.15, 0.2) is 80.7 Å². The molecule has 13 heteroatoms.